The Balaban J connectivity index is 1.86. The van der Waals surface area contributed by atoms with Crippen molar-refractivity contribution in [2.75, 3.05) is 6.61 Å². The minimum absolute atomic E-state index is 0.138. The first-order valence-electron chi connectivity index (χ1n) is 9.44. The van der Waals surface area contributed by atoms with Gasteiger partial charge in [-0.25, -0.2) is 0 Å². The third kappa shape index (κ3) is 3.14. The van der Waals surface area contributed by atoms with Crippen LogP contribution in [-0.4, -0.2) is 92.0 Å². The van der Waals surface area contributed by atoms with Crippen LogP contribution >= 0.6 is 0 Å². The van der Waals surface area contributed by atoms with Gasteiger partial charge in [0.1, 0.15) is 35.6 Å². The van der Waals surface area contributed by atoms with E-state index in [4.69, 9.17) is 14.2 Å². The molecule has 3 aliphatic rings. The van der Waals surface area contributed by atoms with Crippen LogP contribution in [-0.2, 0) is 19.0 Å². The number of carbonyl (C=O) groups is 1. The van der Waals surface area contributed by atoms with Crippen molar-refractivity contribution in [2.45, 2.75) is 88.2 Å². The van der Waals surface area contributed by atoms with E-state index in [1.807, 2.05) is 20.8 Å². The van der Waals surface area contributed by atoms with Gasteiger partial charge in [-0.1, -0.05) is 13.8 Å². The number of rotatable bonds is 5. The SMILES string of the molecule is CC(=O)/C=C/[C@@]12O[C@]1(C)C[C@@H](O)[C@H](O[C@@H]1O[C@H](CO)[C@@H](O)[C@H](O)[C@H]1O)C2(C)C. The molecule has 9 nitrogen and oxygen atoms in total. The molecular formula is C19H30O9. The number of hydrogen-bond donors (Lipinski definition) is 5. The summed E-state index contributed by atoms with van der Waals surface area (Å²) in [6, 6.07) is 0. The van der Waals surface area contributed by atoms with Crippen LogP contribution in [0.3, 0.4) is 0 Å². The molecule has 0 aromatic carbocycles. The van der Waals surface area contributed by atoms with Crippen molar-refractivity contribution in [1.29, 1.82) is 0 Å². The van der Waals surface area contributed by atoms with E-state index < -0.39 is 66.1 Å². The van der Waals surface area contributed by atoms with E-state index in [0.717, 1.165) is 0 Å². The van der Waals surface area contributed by atoms with Gasteiger partial charge >= 0.3 is 0 Å². The van der Waals surface area contributed by atoms with Crippen LogP contribution in [0.25, 0.3) is 0 Å². The second kappa shape index (κ2) is 7.10. The molecule has 2 heterocycles. The molecule has 0 radical (unpaired) electrons. The highest BCUT2D eigenvalue weighted by atomic mass is 16.7. The Hall–Kier alpha value is -0.910. The highest BCUT2D eigenvalue weighted by Gasteiger charge is 2.78. The Labute approximate surface area is 163 Å². The van der Waals surface area contributed by atoms with Crippen molar-refractivity contribution in [1.82, 2.24) is 0 Å². The summed E-state index contributed by atoms with van der Waals surface area (Å²) in [6.07, 6.45) is -5.61. The fourth-order valence-electron chi connectivity index (χ4n) is 4.78. The zero-order valence-corrected chi connectivity index (χ0v) is 16.5. The average molecular weight is 402 g/mol. The van der Waals surface area contributed by atoms with Crippen LogP contribution in [0.15, 0.2) is 12.2 Å². The lowest BCUT2D eigenvalue weighted by atomic mass is 9.61. The minimum atomic E-state index is -1.58. The number of carbonyl (C=O) groups excluding carboxylic acids is 1. The summed E-state index contributed by atoms with van der Waals surface area (Å²) >= 11 is 0. The molecule has 3 fully saturated rings. The van der Waals surface area contributed by atoms with E-state index in [2.05, 4.69) is 0 Å². The van der Waals surface area contributed by atoms with Gasteiger partial charge in [0, 0.05) is 11.8 Å². The molecule has 2 aliphatic heterocycles. The number of fused-ring (bicyclic) bond motifs is 1. The van der Waals surface area contributed by atoms with E-state index in [1.165, 1.54) is 13.0 Å². The van der Waals surface area contributed by atoms with E-state index in [9.17, 15) is 30.3 Å². The van der Waals surface area contributed by atoms with Crippen molar-refractivity contribution in [3.63, 3.8) is 0 Å². The summed E-state index contributed by atoms with van der Waals surface area (Å²) in [7, 11) is 0. The van der Waals surface area contributed by atoms with Gasteiger partial charge in [-0.2, -0.15) is 0 Å². The Morgan fingerprint density at radius 3 is 2.36 bits per heavy atom. The van der Waals surface area contributed by atoms with Gasteiger partial charge < -0.3 is 39.7 Å². The maximum absolute atomic E-state index is 11.5. The minimum Gasteiger partial charge on any atom is -0.394 e. The van der Waals surface area contributed by atoms with Gasteiger partial charge in [0.05, 0.1) is 18.8 Å². The molecule has 0 amide bonds. The first kappa shape index (κ1) is 21.8. The third-order valence-corrected chi connectivity index (χ3v) is 6.43. The van der Waals surface area contributed by atoms with Gasteiger partial charge in [-0.05, 0) is 26.0 Å². The summed E-state index contributed by atoms with van der Waals surface area (Å²) in [5.41, 5.74) is -2.36. The monoisotopic (exact) mass is 402 g/mol. The van der Waals surface area contributed by atoms with Crippen LogP contribution in [0, 0.1) is 5.41 Å². The summed E-state index contributed by atoms with van der Waals surface area (Å²) < 4.78 is 17.3. The van der Waals surface area contributed by atoms with Crippen LogP contribution in [0.2, 0.25) is 0 Å². The van der Waals surface area contributed by atoms with Gasteiger partial charge in [0.15, 0.2) is 12.1 Å². The molecule has 0 spiro atoms. The summed E-state index contributed by atoms with van der Waals surface area (Å²) in [5.74, 6) is -0.138. The Bertz CT molecular complexity index is 647. The zero-order valence-electron chi connectivity index (χ0n) is 16.5. The van der Waals surface area contributed by atoms with E-state index in [0.29, 0.717) is 0 Å². The van der Waals surface area contributed by atoms with Crippen molar-refractivity contribution in [3.8, 4) is 0 Å². The molecule has 1 aliphatic carbocycles. The van der Waals surface area contributed by atoms with E-state index in [1.54, 1.807) is 6.08 Å². The summed E-state index contributed by atoms with van der Waals surface area (Å²) in [5, 5.41) is 50.2. The molecule has 160 valence electrons. The molecule has 0 aromatic rings. The smallest absolute Gasteiger partial charge is 0.187 e. The standard InChI is InChI=1S/C19H30O9/c1-9(21)5-6-19-17(2,3)15(10(22)7-18(19,4)28-19)27-16-14(25)13(24)12(23)11(8-20)26-16/h5-6,10-16,20,22-25H,7-8H2,1-4H3/b6-5+/t10-,11-,12-,13+,14-,15+,16+,18-,19+/m1/s1. The van der Waals surface area contributed by atoms with Gasteiger partial charge in [-0.3, -0.25) is 4.79 Å². The predicted octanol–water partition coefficient (Wildman–Crippen LogP) is -1.36. The first-order valence-corrected chi connectivity index (χ1v) is 9.44. The maximum atomic E-state index is 11.5. The van der Waals surface area contributed by atoms with Gasteiger partial charge in [0.2, 0.25) is 0 Å². The summed E-state index contributed by atoms with van der Waals surface area (Å²) in [6.45, 7) is 6.35. The lowest BCUT2D eigenvalue weighted by Gasteiger charge is -2.48. The average Bonchev–Trinajstić information content (AvgIpc) is 3.23. The number of aliphatic hydroxyl groups is 5. The second-order valence-electron chi connectivity index (χ2n) is 8.76. The number of allylic oxidation sites excluding steroid dienone is 1. The fraction of sp³-hybridized carbons (Fsp3) is 0.842. The predicted molar refractivity (Wildman–Crippen MR) is 95.1 cm³/mol. The fourth-order valence-corrected chi connectivity index (χ4v) is 4.78. The highest BCUT2D eigenvalue weighted by Crippen LogP contribution is 2.66. The number of ether oxygens (including phenoxy) is 3. The number of epoxide rings is 1. The number of ketones is 1. The highest BCUT2D eigenvalue weighted by molar-refractivity contribution is 5.87. The lowest BCUT2D eigenvalue weighted by molar-refractivity contribution is -0.329. The zero-order chi connectivity index (χ0) is 21.1. The molecule has 3 rings (SSSR count). The van der Waals surface area contributed by atoms with Crippen molar-refractivity contribution in [3.05, 3.63) is 12.2 Å². The molecule has 28 heavy (non-hydrogen) atoms. The van der Waals surface area contributed by atoms with E-state index >= 15 is 0 Å². The van der Waals surface area contributed by atoms with Crippen LogP contribution in [0.1, 0.15) is 34.1 Å². The maximum Gasteiger partial charge on any atom is 0.187 e. The Morgan fingerprint density at radius 2 is 1.79 bits per heavy atom. The molecular weight excluding hydrogens is 372 g/mol. The molecule has 0 aromatic heterocycles. The lowest BCUT2D eigenvalue weighted by Crippen LogP contribution is -2.63. The normalized spacial score (nSPS) is 50.4. The number of hydrogen-bond acceptors (Lipinski definition) is 9. The van der Waals surface area contributed by atoms with Crippen LogP contribution in [0.5, 0.6) is 0 Å². The molecule has 0 unspecified atom stereocenters. The quantitative estimate of drug-likeness (QED) is 0.277. The third-order valence-electron chi connectivity index (χ3n) is 6.43. The largest absolute Gasteiger partial charge is 0.394 e. The van der Waals surface area contributed by atoms with Crippen LogP contribution < -0.4 is 0 Å². The second-order valence-corrected chi connectivity index (χ2v) is 8.76. The van der Waals surface area contributed by atoms with Gasteiger partial charge in [-0.15, -0.1) is 0 Å². The summed E-state index contributed by atoms with van der Waals surface area (Å²) in [4.78, 5) is 11.5. The van der Waals surface area contributed by atoms with Crippen molar-refractivity contribution in [2.24, 2.45) is 5.41 Å². The molecule has 9 atom stereocenters. The Morgan fingerprint density at radius 1 is 1.14 bits per heavy atom. The number of aliphatic hydroxyl groups excluding tert-OH is 5. The van der Waals surface area contributed by atoms with Crippen LogP contribution in [0.4, 0.5) is 0 Å². The molecule has 0 bridgehead atoms. The molecule has 1 saturated carbocycles. The Kier molecular flexibility index (Phi) is 5.53. The van der Waals surface area contributed by atoms with Crippen molar-refractivity contribution >= 4 is 5.78 Å². The molecule has 5 N–H and O–H groups in total. The van der Waals surface area contributed by atoms with Gasteiger partial charge in [0.25, 0.3) is 0 Å². The first-order chi connectivity index (χ1) is 12.9. The molecule has 9 heteroatoms. The van der Waals surface area contributed by atoms with E-state index in [-0.39, 0.29) is 12.2 Å². The molecule has 2 saturated heterocycles. The topological polar surface area (TPSA) is 149 Å². The van der Waals surface area contributed by atoms with Crippen molar-refractivity contribution < 1.29 is 44.5 Å².